The molecule has 4 rings (SSSR count). The van der Waals surface area contributed by atoms with Crippen molar-refractivity contribution in [1.82, 2.24) is 20.2 Å². The highest BCUT2D eigenvalue weighted by Gasteiger charge is 2.57. The van der Waals surface area contributed by atoms with Crippen LogP contribution in [0.4, 0.5) is 19.0 Å². The lowest BCUT2D eigenvalue weighted by molar-refractivity contribution is -0.276. The van der Waals surface area contributed by atoms with Crippen LogP contribution >= 0.6 is 11.6 Å². The maximum Gasteiger partial charge on any atom is 0.428 e. The van der Waals surface area contributed by atoms with Crippen molar-refractivity contribution in [2.75, 3.05) is 51.3 Å². The number of allylic oxidation sites excluding steroid dienone is 2. The molecule has 0 saturated carbocycles. The third-order valence-electron chi connectivity index (χ3n) is 7.22. The summed E-state index contributed by atoms with van der Waals surface area (Å²) in [5.41, 5.74) is 1.24. The maximum atomic E-state index is 12.9. The molecule has 1 spiro atoms. The van der Waals surface area contributed by atoms with Gasteiger partial charge in [0.25, 0.3) is 0 Å². The summed E-state index contributed by atoms with van der Waals surface area (Å²) in [6.07, 6.45) is -7.94. The molecule has 1 aromatic heterocycles. The molecule has 3 heterocycles. The van der Waals surface area contributed by atoms with Crippen molar-refractivity contribution in [3.05, 3.63) is 40.2 Å². The number of aliphatic hydroxyl groups excluding tert-OH is 3. The van der Waals surface area contributed by atoms with Crippen molar-refractivity contribution in [3.8, 4) is 17.1 Å². The molecule has 0 amide bonds. The molecular formula is C27H34ClF3N6O4. The van der Waals surface area contributed by atoms with Gasteiger partial charge in [-0.25, -0.2) is 9.97 Å². The van der Waals surface area contributed by atoms with Crippen molar-refractivity contribution >= 4 is 28.7 Å². The van der Waals surface area contributed by atoms with E-state index in [1.165, 1.54) is 13.8 Å². The number of aliphatic hydroxyl groups is 3. The van der Waals surface area contributed by atoms with Crippen molar-refractivity contribution in [2.24, 2.45) is 5.41 Å². The zero-order valence-corrected chi connectivity index (χ0v) is 23.9. The number of benzene rings is 1. The van der Waals surface area contributed by atoms with E-state index in [0.29, 0.717) is 53.0 Å². The highest BCUT2D eigenvalue weighted by atomic mass is 35.5. The normalized spacial score (nSPS) is 18.8. The van der Waals surface area contributed by atoms with Crippen molar-refractivity contribution in [1.29, 1.82) is 5.41 Å². The molecule has 2 aromatic rings. The minimum Gasteiger partial charge on any atom is -0.512 e. The number of hydrogen-bond acceptors (Lipinski definition) is 10. The average Bonchev–Trinajstić information content (AvgIpc) is 2.82. The van der Waals surface area contributed by atoms with Crippen LogP contribution in [0.1, 0.15) is 25.1 Å². The van der Waals surface area contributed by atoms with E-state index in [9.17, 15) is 28.5 Å². The fourth-order valence-corrected chi connectivity index (χ4v) is 5.56. The fourth-order valence-electron chi connectivity index (χ4n) is 5.36. The molecule has 0 bridgehead atoms. The molecule has 10 nitrogen and oxygen atoms in total. The maximum absolute atomic E-state index is 12.9. The molecular weight excluding hydrogens is 565 g/mol. The first-order valence-electron chi connectivity index (χ1n) is 13.0. The molecule has 2 atom stereocenters. The smallest absolute Gasteiger partial charge is 0.428 e. The number of likely N-dealkylation sites (tertiary alicyclic amines) is 1. The monoisotopic (exact) mass is 598 g/mol. The van der Waals surface area contributed by atoms with Gasteiger partial charge in [-0.3, -0.25) is 4.90 Å². The third kappa shape index (κ3) is 6.44. The number of aromatic nitrogens is 2. The van der Waals surface area contributed by atoms with Crippen LogP contribution in [0.25, 0.3) is 17.0 Å². The van der Waals surface area contributed by atoms with Crippen LogP contribution in [0.3, 0.4) is 0 Å². The van der Waals surface area contributed by atoms with Gasteiger partial charge in [-0.05, 0) is 46.0 Å². The van der Waals surface area contributed by atoms with Gasteiger partial charge in [-0.2, -0.15) is 13.2 Å². The van der Waals surface area contributed by atoms with E-state index >= 15 is 0 Å². The van der Waals surface area contributed by atoms with Gasteiger partial charge in [0.15, 0.2) is 5.82 Å². The minimum absolute atomic E-state index is 0.0344. The lowest BCUT2D eigenvalue weighted by Crippen LogP contribution is -2.75. The van der Waals surface area contributed by atoms with Gasteiger partial charge < -0.3 is 35.7 Å². The van der Waals surface area contributed by atoms with E-state index in [4.69, 9.17) is 26.7 Å². The molecule has 2 aliphatic heterocycles. The molecule has 1 aromatic carbocycles. The van der Waals surface area contributed by atoms with Crippen LogP contribution < -0.4 is 15.0 Å². The SMILES string of the molecule is CNC[C@@H](O)COc1ccc(Cl)c(-c2nc(/C(C(C)=N)=C(\C)O)c(C)c(N3CC4(C3)CN(C(O)C(F)(F)F)C4)n2)c1. The zero-order chi connectivity index (χ0) is 30.3. The lowest BCUT2D eigenvalue weighted by atomic mass is 9.72. The predicted octanol–water partition coefficient (Wildman–Crippen LogP) is 3.40. The first kappa shape index (κ1) is 31.0. The second-order valence-corrected chi connectivity index (χ2v) is 11.2. The van der Waals surface area contributed by atoms with Crippen LogP contribution in [0, 0.1) is 17.7 Å². The van der Waals surface area contributed by atoms with Crippen LogP contribution in [-0.2, 0) is 0 Å². The van der Waals surface area contributed by atoms with Crippen LogP contribution in [0.15, 0.2) is 24.0 Å². The molecule has 41 heavy (non-hydrogen) atoms. The van der Waals surface area contributed by atoms with E-state index < -0.39 is 23.9 Å². The van der Waals surface area contributed by atoms with Crippen LogP contribution in [0.5, 0.6) is 5.75 Å². The van der Waals surface area contributed by atoms with Gasteiger partial charge in [0.2, 0.25) is 6.23 Å². The number of nitrogens with one attached hydrogen (secondary N) is 2. The molecule has 5 N–H and O–H groups in total. The topological polar surface area (TPSA) is 138 Å². The number of rotatable bonds is 10. The number of alkyl halides is 3. The Morgan fingerprint density at radius 2 is 1.85 bits per heavy atom. The molecule has 0 aliphatic carbocycles. The number of anilines is 1. The van der Waals surface area contributed by atoms with Crippen molar-refractivity contribution in [3.63, 3.8) is 0 Å². The summed E-state index contributed by atoms with van der Waals surface area (Å²) in [6.45, 7) is 6.14. The lowest BCUT2D eigenvalue weighted by Gasteiger charge is -2.61. The van der Waals surface area contributed by atoms with Gasteiger partial charge in [0, 0.05) is 55.0 Å². The summed E-state index contributed by atoms with van der Waals surface area (Å²) in [5, 5.41) is 41.5. The summed E-state index contributed by atoms with van der Waals surface area (Å²) in [4.78, 5) is 12.4. The number of nitrogens with zero attached hydrogens (tertiary/aromatic N) is 4. The first-order chi connectivity index (χ1) is 19.2. The van der Waals surface area contributed by atoms with Crippen LogP contribution in [0.2, 0.25) is 5.02 Å². The average molecular weight is 599 g/mol. The third-order valence-corrected chi connectivity index (χ3v) is 7.55. The number of halogens is 4. The quantitative estimate of drug-likeness (QED) is 0.206. The molecule has 2 fully saturated rings. The Morgan fingerprint density at radius 3 is 2.41 bits per heavy atom. The molecule has 2 saturated heterocycles. The largest absolute Gasteiger partial charge is 0.512 e. The van der Waals surface area contributed by atoms with E-state index in [0.717, 1.165) is 4.90 Å². The molecule has 0 radical (unpaired) electrons. The van der Waals surface area contributed by atoms with E-state index in [-0.39, 0.29) is 42.6 Å². The fraction of sp³-hybridized carbons (Fsp3) is 0.519. The Balaban J connectivity index is 1.68. The zero-order valence-electron chi connectivity index (χ0n) is 23.2. The van der Waals surface area contributed by atoms with Crippen LogP contribution in [-0.4, -0.2) is 101 Å². The highest BCUT2D eigenvalue weighted by Crippen LogP contribution is 2.45. The Kier molecular flexibility index (Phi) is 8.86. The van der Waals surface area contributed by atoms with E-state index in [2.05, 4.69) is 10.3 Å². The van der Waals surface area contributed by atoms with Gasteiger partial charge in [0.1, 0.15) is 30.0 Å². The van der Waals surface area contributed by atoms with E-state index in [1.54, 1.807) is 32.2 Å². The molecule has 1 unspecified atom stereocenters. The second kappa shape index (κ2) is 11.7. The summed E-state index contributed by atoms with van der Waals surface area (Å²) in [5.74, 6) is 1.02. The Labute approximate surface area is 240 Å². The Bertz CT molecular complexity index is 1340. The van der Waals surface area contributed by atoms with Gasteiger partial charge in [0.05, 0.1) is 16.3 Å². The molecule has 2 aliphatic rings. The second-order valence-electron chi connectivity index (χ2n) is 10.8. The van der Waals surface area contributed by atoms with Crippen molar-refractivity contribution in [2.45, 2.75) is 39.3 Å². The van der Waals surface area contributed by atoms with Crippen molar-refractivity contribution < 1.29 is 33.2 Å². The molecule has 14 heteroatoms. The molecule has 224 valence electrons. The Morgan fingerprint density at radius 1 is 1.20 bits per heavy atom. The summed E-state index contributed by atoms with van der Waals surface area (Å²) < 4.78 is 44.5. The minimum atomic E-state index is -4.71. The van der Waals surface area contributed by atoms with Gasteiger partial charge in [-0.1, -0.05) is 11.6 Å². The number of ether oxygens (including phenoxy) is 1. The summed E-state index contributed by atoms with van der Waals surface area (Å²) in [6, 6.07) is 4.90. The number of likely N-dealkylation sites (N-methyl/N-ethyl adjacent to an activating group) is 1. The van der Waals surface area contributed by atoms with Gasteiger partial charge >= 0.3 is 6.18 Å². The first-order valence-corrected chi connectivity index (χ1v) is 13.4. The summed E-state index contributed by atoms with van der Waals surface area (Å²) in [7, 11) is 1.72. The Hall–Kier alpha value is -2.97. The van der Waals surface area contributed by atoms with Gasteiger partial charge in [-0.15, -0.1) is 0 Å². The standard InChI is InChI=1S/C27H34ClF3N6O4/c1-14-22(21(15(2)32)16(3)38)34-23(19-7-18(5-6-20(19)28)41-9-17(39)8-33-4)35-24(14)36-10-26(11-36)12-37(13-26)25(40)27(29,30)31/h5-7,17,25,32-33,38-40H,8-13H2,1-4H3/b21-16+,32-15?/t17-,25?/m1/s1. The predicted molar refractivity (Wildman–Crippen MR) is 150 cm³/mol. The summed E-state index contributed by atoms with van der Waals surface area (Å²) >= 11 is 6.55. The number of hydrogen-bond donors (Lipinski definition) is 5. The highest BCUT2D eigenvalue weighted by molar-refractivity contribution is 6.33. The van der Waals surface area contributed by atoms with E-state index in [1.807, 2.05) is 4.90 Å².